The summed E-state index contributed by atoms with van der Waals surface area (Å²) in [4.78, 5) is 3.82. The Morgan fingerprint density at radius 1 is 1.41 bits per heavy atom. The Labute approximate surface area is 106 Å². The zero-order valence-electron chi connectivity index (χ0n) is 10.1. The SMILES string of the molecule is CC(C)CC(C)Oc1ncccc1S(=O)(=O)Cl. The fraction of sp³-hybridized carbons (Fsp3) is 0.545. The maximum Gasteiger partial charge on any atom is 0.266 e. The van der Waals surface area contributed by atoms with Gasteiger partial charge in [-0.1, -0.05) is 13.8 Å². The van der Waals surface area contributed by atoms with Crippen molar-refractivity contribution in [1.29, 1.82) is 0 Å². The van der Waals surface area contributed by atoms with E-state index >= 15 is 0 Å². The minimum Gasteiger partial charge on any atom is -0.474 e. The van der Waals surface area contributed by atoms with Gasteiger partial charge in [-0.3, -0.25) is 0 Å². The van der Waals surface area contributed by atoms with E-state index in [2.05, 4.69) is 18.8 Å². The third-order valence-corrected chi connectivity index (χ3v) is 3.45. The number of hydrogen-bond donors (Lipinski definition) is 0. The first kappa shape index (κ1) is 14.3. The van der Waals surface area contributed by atoms with Crippen molar-refractivity contribution in [2.24, 2.45) is 5.92 Å². The van der Waals surface area contributed by atoms with Crippen molar-refractivity contribution in [1.82, 2.24) is 4.98 Å². The van der Waals surface area contributed by atoms with Crippen molar-refractivity contribution in [3.63, 3.8) is 0 Å². The molecule has 1 rings (SSSR count). The average Bonchev–Trinajstić information content (AvgIpc) is 2.15. The first-order valence-corrected chi connectivity index (χ1v) is 7.68. The predicted octanol–water partition coefficient (Wildman–Crippen LogP) is 2.82. The van der Waals surface area contributed by atoms with Crippen LogP contribution in [0.25, 0.3) is 0 Å². The van der Waals surface area contributed by atoms with Crippen molar-refractivity contribution in [2.45, 2.75) is 38.2 Å². The number of hydrogen-bond acceptors (Lipinski definition) is 4. The van der Waals surface area contributed by atoms with Gasteiger partial charge in [-0.05, 0) is 31.4 Å². The summed E-state index contributed by atoms with van der Waals surface area (Å²) in [5.74, 6) is 0.528. The highest BCUT2D eigenvalue weighted by molar-refractivity contribution is 8.13. The van der Waals surface area contributed by atoms with E-state index in [1.807, 2.05) is 6.92 Å². The number of rotatable bonds is 5. The smallest absolute Gasteiger partial charge is 0.266 e. The van der Waals surface area contributed by atoms with Gasteiger partial charge in [-0.15, -0.1) is 0 Å². The van der Waals surface area contributed by atoms with Crippen molar-refractivity contribution in [3.05, 3.63) is 18.3 Å². The monoisotopic (exact) mass is 277 g/mol. The molecule has 1 unspecified atom stereocenters. The Morgan fingerprint density at radius 3 is 2.59 bits per heavy atom. The van der Waals surface area contributed by atoms with Gasteiger partial charge in [0.05, 0.1) is 6.10 Å². The van der Waals surface area contributed by atoms with Crippen LogP contribution in [0.3, 0.4) is 0 Å². The van der Waals surface area contributed by atoms with Crippen molar-refractivity contribution < 1.29 is 13.2 Å². The normalized spacial score (nSPS) is 13.7. The molecule has 1 atom stereocenters. The number of ether oxygens (including phenoxy) is 1. The quantitative estimate of drug-likeness (QED) is 0.777. The first-order valence-electron chi connectivity index (χ1n) is 5.37. The Hall–Kier alpha value is -0.810. The minimum absolute atomic E-state index is 0.0654. The highest BCUT2D eigenvalue weighted by Crippen LogP contribution is 2.25. The molecule has 0 aromatic carbocycles. The summed E-state index contributed by atoms with van der Waals surface area (Å²) in [5, 5.41) is 0. The van der Waals surface area contributed by atoms with Crippen LogP contribution in [0.4, 0.5) is 0 Å². The zero-order chi connectivity index (χ0) is 13.1. The van der Waals surface area contributed by atoms with Crippen molar-refractivity contribution in [3.8, 4) is 5.88 Å². The summed E-state index contributed by atoms with van der Waals surface area (Å²) in [6.45, 7) is 6.01. The molecule has 0 fully saturated rings. The van der Waals surface area contributed by atoms with Gasteiger partial charge in [-0.2, -0.15) is 0 Å². The molecular weight excluding hydrogens is 262 g/mol. The predicted molar refractivity (Wildman–Crippen MR) is 66.8 cm³/mol. The number of nitrogens with zero attached hydrogens (tertiary/aromatic N) is 1. The average molecular weight is 278 g/mol. The van der Waals surface area contributed by atoms with Crippen LogP contribution in [0.15, 0.2) is 23.2 Å². The van der Waals surface area contributed by atoms with Crippen molar-refractivity contribution in [2.75, 3.05) is 0 Å². The molecule has 1 aromatic heterocycles. The summed E-state index contributed by atoms with van der Waals surface area (Å²) >= 11 is 0. The molecule has 0 spiro atoms. The van der Waals surface area contributed by atoms with Crippen LogP contribution in [0.5, 0.6) is 5.88 Å². The second-order valence-electron chi connectivity index (χ2n) is 4.30. The molecule has 0 saturated heterocycles. The van der Waals surface area contributed by atoms with Crippen molar-refractivity contribution >= 4 is 19.7 Å². The number of pyridine rings is 1. The van der Waals surface area contributed by atoms with E-state index in [9.17, 15) is 8.42 Å². The van der Waals surface area contributed by atoms with E-state index in [4.69, 9.17) is 15.4 Å². The standard InChI is InChI=1S/C11H16ClNO3S/c1-8(2)7-9(3)16-11-10(17(12,14)15)5-4-6-13-11/h4-6,8-9H,7H2,1-3H3. The molecule has 0 saturated carbocycles. The Balaban J connectivity index is 2.92. The summed E-state index contributed by atoms with van der Waals surface area (Å²) in [6.07, 6.45) is 2.18. The van der Waals surface area contributed by atoms with Crippen LogP contribution in [-0.4, -0.2) is 19.5 Å². The first-order chi connectivity index (χ1) is 7.80. The molecule has 1 aromatic rings. The van der Waals surface area contributed by atoms with E-state index in [1.54, 1.807) is 0 Å². The van der Waals surface area contributed by atoms with Crippen LogP contribution in [0.2, 0.25) is 0 Å². The van der Waals surface area contributed by atoms with Crippen LogP contribution in [0.1, 0.15) is 27.2 Å². The lowest BCUT2D eigenvalue weighted by molar-refractivity contribution is 0.180. The van der Waals surface area contributed by atoms with E-state index in [0.29, 0.717) is 5.92 Å². The van der Waals surface area contributed by atoms with Gasteiger partial charge in [0.1, 0.15) is 4.90 Å². The van der Waals surface area contributed by atoms with Crippen LogP contribution >= 0.6 is 10.7 Å². The molecule has 0 aliphatic carbocycles. The summed E-state index contributed by atoms with van der Waals surface area (Å²) in [7, 11) is 1.48. The highest BCUT2D eigenvalue weighted by Gasteiger charge is 2.19. The maximum absolute atomic E-state index is 11.3. The topological polar surface area (TPSA) is 56.3 Å². The molecule has 1 heterocycles. The summed E-state index contributed by atoms with van der Waals surface area (Å²) in [5.41, 5.74) is 0. The fourth-order valence-electron chi connectivity index (χ4n) is 1.55. The molecule has 96 valence electrons. The summed E-state index contributed by atoms with van der Waals surface area (Å²) < 4.78 is 28.1. The fourth-order valence-corrected chi connectivity index (χ4v) is 2.46. The van der Waals surface area contributed by atoms with E-state index in [1.165, 1.54) is 18.3 Å². The van der Waals surface area contributed by atoms with Crippen LogP contribution in [0, 0.1) is 5.92 Å². The molecule has 0 aliphatic rings. The third kappa shape index (κ3) is 4.52. The van der Waals surface area contributed by atoms with Crippen LogP contribution in [-0.2, 0) is 9.05 Å². The molecule has 0 amide bonds. The largest absolute Gasteiger partial charge is 0.474 e. The molecule has 0 bridgehead atoms. The van der Waals surface area contributed by atoms with Gasteiger partial charge in [0.15, 0.2) is 0 Å². The lowest BCUT2D eigenvalue weighted by atomic mass is 10.1. The van der Waals surface area contributed by atoms with E-state index in [-0.39, 0.29) is 16.9 Å². The second-order valence-corrected chi connectivity index (χ2v) is 6.84. The number of halogens is 1. The molecule has 17 heavy (non-hydrogen) atoms. The highest BCUT2D eigenvalue weighted by atomic mass is 35.7. The Kier molecular flexibility index (Phi) is 4.77. The Morgan fingerprint density at radius 2 is 2.06 bits per heavy atom. The van der Waals surface area contributed by atoms with Gasteiger partial charge >= 0.3 is 0 Å². The van der Waals surface area contributed by atoms with Gasteiger partial charge in [0, 0.05) is 16.9 Å². The molecule has 0 radical (unpaired) electrons. The molecule has 4 nitrogen and oxygen atoms in total. The molecule has 0 N–H and O–H groups in total. The zero-order valence-corrected chi connectivity index (χ0v) is 11.6. The second kappa shape index (κ2) is 5.69. The van der Waals surface area contributed by atoms with Gasteiger partial charge < -0.3 is 4.74 Å². The molecule has 6 heteroatoms. The van der Waals surface area contributed by atoms with Gasteiger partial charge in [-0.25, -0.2) is 13.4 Å². The maximum atomic E-state index is 11.3. The third-order valence-electron chi connectivity index (χ3n) is 2.12. The number of aromatic nitrogens is 1. The van der Waals surface area contributed by atoms with Crippen LogP contribution < -0.4 is 4.74 Å². The Bertz CT molecular complexity index is 473. The van der Waals surface area contributed by atoms with E-state index in [0.717, 1.165) is 6.42 Å². The lowest BCUT2D eigenvalue weighted by Gasteiger charge is -2.16. The minimum atomic E-state index is -3.82. The lowest BCUT2D eigenvalue weighted by Crippen LogP contribution is -2.16. The molecule has 0 aliphatic heterocycles. The van der Waals surface area contributed by atoms with E-state index < -0.39 is 9.05 Å². The summed E-state index contributed by atoms with van der Waals surface area (Å²) in [6, 6.07) is 2.89. The van der Waals surface area contributed by atoms with Gasteiger partial charge in [0.25, 0.3) is 9.05 Å². The molecular formula is C11H16ClNO3S. The van der Waals surface area contributed by atoms with Gasteiger partial charge in [0.2, 0.25) is 5.88 Å².